The first-order valence-corrected chi connectivity index (χ1v) is 8.66. The van der Waals surface area contributed by atoms with Crippen molar-refractivity contribution in [2.75, 3.05) is 18.6 Å². The molecule has 0 aliphatic carbocycles. The van der Waals surface area contributed by atoms with Gasteiger partial charge in [0.2, 0.25) is 0 Å². The lowest BCUT2D eigenvalue weighted by molar-refractivity contribution is 0.0990. The zero-order valence-electron chi connectivity index (χ0n) is 14.8. The van der Waals surface area contributed by atoms with Crippen molar-refractivity contribution in [1.82, 2.24) is 14.3 Å². The molecule has 4 rings (SSSR count). The SMILES string of the molecule is CCCn1c(C)c(C(=O)N2CCn3nccc32)c2cc(OC)ccc21. The van der Waals surface area contributed by atoms with E-state index in [1.807, 2.05) is 40.8 Å². The van der Waals surface area contributed by atoms with Crippen LogP contribution in [0.2, 0.25) is 0 Å². The van der Waals surface area contributed by atoms with Gasteiger partial charge >= 0.3 is 0 Å². The van der Waals surface area contributed by atoms with Crippen LogP contribution in [-0.2, 0) is 13.1 Å². The Bertz CT molecular complexity index is 954. The molecule has 0 radical (unpaired) electrons. The summed E-state index contributed by atoms with van der Waals surface area (Å²) in [4.78, 5) is 15.2. The number of carbonyl (C=O) groups excluding carboxylic acids is 1. The van der Waals surface area contributed by atoms with Gasteiger partial charge in [-0.15, -0.1) is 0 Å². The molecule has 25 heavy (non-hydrogen) atoms. The lowest BCUT2D eigenvalue weighted by Crippen LogP contribution is -2.29. The van der Waals surface area contributed by atoms with Crippen LogP contribution >= 0.6 is 0 Å². The molecule has 0 bridgehead atoms. The fourth-order valence-electron chi connectivity index (χ4n) is 3.75. The van der Waals surface area contributed by atoms with Crippen molar-refractivity contribution < 1.29 is 9.53 Å². The van der Waals surface area contributed by atoms with Gasteiger partial charge in [0.15, 0.2) is 0 Å². The predicted molar refractivity (Wildman–Crippen MR) is 97.4 cm³/mol. The number of aromatic nitrogens is 3. The number of hydrogen-bond acceptors (Lipinski definition) is 3. The van der Waals surface area contributed by atoms with E-state index in [0.29, 0.717) is 6.54 Å². The fourth-order valence-corrected chi connectivity index (χ4v) is 3.75. The first-order chi connectivity index (χ1) is 12.2. The van der Waals surface area contributed by atoms with Crippen molar-refractivity contribution in [2.45, 2.75) is 33.4 Å². The lowest BCUT2D eigenvalue weighted by Gasteiger charge is -2.15. The Labute approximate surface area is 146 Å². The maximum absolute atomic E-state index is 13.4. The average molecular weight is 338 g/mol. The summed E-state index contributed by atoms with van der Waals surface area (Å²) in [7, 11) is 1.65. The molecule has 3 heterocycles. The highest BCUT2D eigenvalue weighted by atomic mass is 16.5. The number of ether oxygens (including phenoxy) is 1. The number of nitrogens with zero attached hydrogens (tertiary/aromatic N) is 4. The molecule has 0 atom stereocenters. The molecule has 1 aliphatic rings. The Kier molecular flexibility index (Phi) is 3.75. The highest BCUT2D eigenvalue weighted by Gasteiger charge is 2.30. The highest BCUT2D eigenvalue weighted by molar-refractivity contribution is 6.15. The van der Waals surface area contributed by atoms with E-state index in [1.54, 1.807) is 13.3 Å². The minimum atomic E-state index is 0.0323. The monoisotopic (exact) mass is 338 g/mol. The fraction of sp³-hybridized carbons (Fsp3) is 0.368. The molecule has 1 amide bonds. The molecule has 130 valence electrons. The summed E-state index contributed by atoms with van der Waals surface area (Å²) in [5, 5.41) is 5.22. The number of fused-ring (bicyclic) bond motifs is 2. The van der Waals surface area contributed by atoms with Crippen LogP contribution in [0.25, 0.3) is 10.9 Å². The molecule has 0 fully saturated rings. The standard InChI is InChI=1S/C19H22N4O2/c1-4-9-21-13(2)18(15-12-14(25-3)5-6-16(15)21)19(24)22-10-11-23-17(22)7-8-20-23/h5-8,12H,4,9-11H2,1-3H3. The first-order valence-electron chi connectivity index (χ1n) is 8.66. The number of benzene rings is 1. The number of rotatable bonds is 4. The van der Waals surface area contributed by atoms with E-state index < -0.39 is 0 Å². The second-order valence-corrected chi connectivity index (χ2v) is 6.36. The van der Waals surface area contributed by atoms with Gasteiger partial charge in [0.05, 0.1) is 25.4 Å². The Balaban J connectivity index is 1.88. The Morgan fingerprint density at radius 2 is 2.12 bits per heavy atom. The largest absolute Gasteiger partial charge is 0.497 e. The van der Waals surface area contributed by atoms with Crippen LogP contribution in [0.15, 0.2) is 30.5 Å². The minimum absolute atomic E-state index is 0.0323. The van der Waals surface area contributed by atoms with Crippen molar-refractivity contribution in [1.29, 1.82) is 0 Å². The molecule has 6 nitrogen and oxygen atoms in total. The van der Waals surface area contributed by atoms with Crippen molar-refractivity contribution in [2.24, 2.45) is 0 Å². The quantitative estimate of drug-likeness (QED) is 0.734. The highest BCUT2D eigenvalue weighted by Crippen LogP contribution is 2.32. The Morgan fingerprint density at radius 3 is 2.88 bits per heavy atom. The molecular weight excluding hydrogens is 316 g/mol. The summed E-state index contributed by atoms with van der Waals surface area (Å²) in [6, 6.07) is 7.86. The average Bonchev–Trinajstić information content (AvgIpc) is 3.28. The summed E-state index contributed by atoms with van der Waals surface area (Å²) in [6.07, 6.45) is 2.76. The van der Waals surface area contributed by atoms with Gasteiger partial charge in [0.25, 0.3) is 5.91 Å². The zero-order chi connectivity index (χ0) is 17.6. The molecule has 1 aliphatic heterocycles. The van der Waals surface area contributed by atoms with Crippen LogP contribution in [0.5, 0.6) is 5.75 Å². The van der Waals surface area contributed by atoms with E-state index in [-0.39, 0.29) is 5.91 Å². The van der Waals surface area contributed by atoms with Crippen molar-refractivity contribution in [3.63, 3.8) is 0 Å². The van der Waals surface area contributed by atoms with Gasteiger partial charge in [-0.25, -0.2) is 4.68 Å². The van der Waals surface area contributed by atoms with Crippen LogP contribution in [0, 0.1) is 6.92 Å². The summed E-state index contributed by atoms with van der Waals surface area (Å²) in [5.74, 6) is 1.66. The van der Waals surface area contributed by atoms with Gasteiger partial charge in [-0.05, 0) is 31.5 Å². The van der Waals surface area contributed by atoms with E-state index in [9.17, 15) is 4.79 Å². The summed E-state index contributed by atoms with van der Waals surface area (Å²) >= 11 is 0. The minimum Gasteiger partial charge on any atom is -0.497 e. The third kappa shape index (κ3) is 2.32. The number of anilines is 1. The number of hydrogen-bond donors (Lipinski definition) is 0. The number of aryl methyl sites for hydroxylation is 1. The molecule has 0 unspecified atom stereocenters. The third-order valence-corrected chi connectivity index (χ3v) is 4.94. The van der Waals surface area contributed by atoms with Crippen molar-refractivity contribution >= 4 is 22.6 Å². The Morgan fingerprint density at radius 1 is 1.28 bits per heavy atom. The smallest absolute Gasteiger partial charge is 0.261 e. The topological polar surface area (TPSA) is 52.3 Å². The van der Waals surface area contributed by atoms with Gasteiger partial charge in [0, 0.05) is 35.8 Å². The van der Waals surface area contributed by atoms with Gasteiger partial charge in [-0.3, -0.25) is 9.69 Å². The van der Waals surface area contributed by atoms with E-state index in [4.69, 9.17) is 4.74 Å². The van der Waals surface area contributed by atoms with E-state index in [2.05, 4.69) is 16.6 Å². The third-order valence-electron chi connectivity index (χ3n) is 4.94. The molecule has 2 aromatic heterocycles. The normalized spacial score (nSPS) is 13.5. The maximum atomic E-state index is 13.4. The predicted octanol–water partition coefficient (Wildman–Crippen LogP) is 3.23. The Hall–Kier alpha value is -2.76. The second-order valence-electron chi connectivity index (χ2n) is 6.36. The molecule has 0 spiro atoms. The van der Waals surface area contributed by atoms with Gasteiger partial charge in [0.1, 0.15) is 11.6 Å². The summed E-state index contributed by atoms with van der Waals surface area (Å²) in [5.41, 5.74) is 2.85. The lowest BCUT2D eigenvalue weighted by atomic mass is 10.1. The molecule has 0 N–H and O–H groups in total. The van der Waals surface area contributed by atoms with Gasteiger partial charge in [-0.1, -0.05) is 6.92 Å². The van der Waals surface area contributed by atoms with Gasteiger partial charge in [-0.2, -0.15) is 5.10 Å². The van der Waals surface area contributed by atoms with Crippen molar-refractivity contribution in [3.8, 4) is 5.75 Å². The summed E-state index contributed by atoms with van der Waals surface area (Å²) in [6.45, 7) is 6.47. The molecule has 1 aromatic carbocycles. The first kappa shape index (κ1) is 15.7. The second kappa shape index (κ2) is 5.95. The molecule has 3 aromatic rings. The van der Waals surface area contributed by atoms with E-state index in [1.165, 1.54) is 0 Å². The maximum Gasteiger partial charge on any atom is 0.261 e. The molecule has 0 saturated carbocycles. The number of carbonyl (C=O) groups is 1. The van der Waals surface area contributed by atoms with Crippen LogP contribution in [0.1, 0.15) is 29.4 Å². The van der Waals surface area contributed by atoms with Crippen LogP contribution < -0.4 is 9.64 Å². The summed E-state index contributed by atoms with van der Waals surface area (Å²) < 4.78 is 9.49. The zero-order valence-corrected chi connectivity index (χ0v) is 14.8. The van der Waals surface area contributed by atoms with Gasteiger partial charge < -0.3 is 9.30 Å². The number of amides is 1. The molecule has 6 heteroatoms. The molecular formula is C19H22N4O2. The van der Waals surface area contributed by atoms with E-state index >= 15 is 0 Å². The number of methoxy groups -OCH3 is 1. The van der Waals surface area contributed by atoms with E-state index in [0.717, 1.165) is 53.2 Å². The molecule has 0 saturated heterocycles. The van der Waals surface area contributed by atoms with Crippen LogP contribution in [-0.4, -0.2) is 33.9 Å². The van der Waals surface area contributed by atoms with Crippen LogP contribution in [0.4, 0.5) is 5.82 Å². The van der Waals surface area contributed by atoms with Crippen molar-refractivity contribution in [3.05, 3.63) is 41.7 Å². The van der Waals surface area contributed by atoms with Crippen LogP contribution in [0.3, 0.4) is 0 Å².